The van der Waals surface area contributed by atoms with E-state index in [0.717, 1.165) is 30.5 Å². The second-order valence-corrected chi connectivity index (χ2v) is 8.07. The van der Waals surface area contributed by atoms with E-state index >= 15 is 0 Å². The zero-order chi connectivity index (χ0) is 20.2. The molecule has 1 aromatic heterocycles. The molecule has 1 heterocycles. The molecule has 1 amide bonds. The third kappa shape index (κ3) is 4.14. The Hall–Kier alpha value is -2.81. The van der Waals surface area contributed by atoms with Gasteiger partial charge in [0, 0.05) is 23.5 Å². The lowest BCUT2D eigenvalue weighted by Gasteiger charge is -2.15. The Morgan fingerprint density at radius 2 is 1.69 bits per heavy atom. The van der Waals surface area contributed by atoms with Crippen LogP contribution in [0.5, 0.6) is 0 Å². The lowest BCUT2D eigenvalue weighted by molar-refractivity contribution is 0.0953. The Morgan fingerprint density at radius 3 is 2.41 bits per heavy atom. The van der Waals surface area contributed by atoms with Crippen LogP contribution in [0.25, 0.3) is 16.9 Å². The highest BCUT2D eigenvalue weighted by Gasteiger charge is 2.19. The summed E-state index contributed by atoms with van der Waals surface area (Å²) in [7, 11) is 0. The zero-order valence-corrected chi connectivity index (χ0v) is 17.5. The van der Waals surface area contributed by atoms with Crippen LogP contribution in [-0.4, -0.2) is 17.0 Å². The van der Waals surface area contributed by atoms with Gasteiger partial charge in [-0.05, 0) is 80.5 Å². The number of nitrogens with zero attached hydrogens (tertiary/aromatic N) is 1. The Bertz CT molecular complexity index is 981. The van der Waals surface area contributed by atoms with Gasteiger partial charge in [-0.1, -0.05) is 43.2 Å². The molecule has 0 spiro atoms. The molecule has 1 N–H and O–H groups in total. The van der Waals surface area contributed by atoms with E-state index in [2.05, 4.69) is 66.2 Å². The van der Waals surface area contributed by atoms with E-state index in [1.807, 2.05) is 12.1 Å². The molecule has 150 valence electrons. The molecule has 0 aliphatic heterocycles. The van der Waals surface area contributed by atoms with Crippen molar-refractivity contribution in [1.29, 1.82) is 0 Å². The van der Waals surface area contributed by atoms with E-state index < -0.39 is 0 Å². The lowest BCUT2D eigenvalue weighted by atomic mass is 10.1. The monoisotopic (exact) mass is 386 g/mol. The average Bonchev–Trinajstić information content (AvgIpc) is 2.95. The number of benzene rings is 2. The molecule has 0 bridgehead atoms. The predicted molar refractivity (Wildman–Crippen MR) is 120 cm³/mol. The maximum atomic E-state index is 12.3. The number of aryl methyl sites for hydroxylation is 2. The number of fused-ring (bicyclic) bond motifs is 1. The quantitative estimate of drug-likeness (QED) is 0.547. The smallest absolute Gasteiger partial charge is 0.251 e. The summed E-state index contributed by atoms with van der Waals surface area (Å²) in [6, 6.07) is 19.2. The molecule has 0 fully saturated rings. The van der Waals surface area contributed by atoms with Gasteiger partial charge in [-0.25, -0.2) is 0 Å². The Morgan fingerprint density at radius 1 is 0.966 bits per heavy atom. The molecule has 0 radical (unpaired) electrons. The van der Waals surface area contributed by atoms with Crippen LogP contribution in [-0.2, 0) is 12.8 Å². The van der Waals surface area contributed by atoms with E-state index in [1.165, 1.54) is 47.3 Å². The second-order valence-electron chi connectivity index (χ2n) is 8.07. The highest BCUT2D eigenvalue weighted by Crippen LogP contribution is 2.33. The maximum absolute atomic E-state index is 12.3. The van der Waals surface area contributed by atoms with Crippen molar-refractivity contribution in [2.24, 2.45) is 0 Å². The number of hydrogen-bond donors (Lipinski definition) is 1. The van der Waals surface area contributed by atoms with Crippen LogP contribution in [0, 0.1) is 6.92 Å². The van der Waals surface area contributed by atoms with E-state index in [0.29, 0.717) is 6.54 Å². The number of carbonyl (C=O) groups excluding carboxylic acids is 1. The van der Waals surface area contributed by atoms with Crippen molar-refractivity contribution in [3.05, 3.63) is 77.0 Å². The van der Waals surface area contributed by atoms with Gasteiger partial charge in [0.25, 0.3) is 5.91 Å². The molecule has 0 saturated heterocycles. The largest absolute Gasteiger partial charge is 0.352 e. The van der Waals surface area contributed by atoms with Crippen molar-refractivity contribution in [2.75, 3.05) is 6.54 Å². The van der Waals surface area contributed by atoms with E-state index in [-0.39, 0.29) is 5.91 Å². The van der Waals surface area contributed by atoms with Crippen LogP contribution in [0.3, 0.4) is 0 Å². The number of nitrogens with one attached hydrogen (secondary N) is 1. The van der Waals surface area contributed by atoms with Crippen LogP contribution in [0.15, 0.2) is 54.6 Å². The Labute approximate surface area is 173 Å². The first-order chi connectivity index (χ1) is 14.2. The van der Waals surface area contributed by atoms with Crippen molar-refractivity contribution in [2.45, 2.75) is 52.4 Å². The van der Waals surface area contributed by atoms with Crippen molar-refractivity contribution in [1.82, 2.24) is 9.88 Å². The first-order valence-corrected chi connectivity index (χ1v) is 10.9. The summed E-state index contributed by atoms with van der Waals surface area (Å²) in [5.74, 6) is 0.00323. The summed E-state index contributed by atoms with van der Waals surface area (Å²) in [6.45, 7) is 4.90. The number of hydrogen-bond acceptors (Lipinski definition) is 1. The van der Waals surface area contributed by atoms with Crippen LogP contribution in [0.2, 0.25) is 0 Å². The van der Waals surface area contributed by atoms with Crippen molar-refractivity contribution in [3.63, 3.8) is 0 Å². The molecule has 29 heavy (non-hydrogen) atoms. The highest BCUT2D eigenvalue weighted by atomic mass is 16.1. The van der Waals surface area contributed by atoms with Gasteiger partial charge in [-0.15, -0.1) is 0 Å². The summed E-state index contributed by atoms with van der Waals surface area (Å²) in [5.41, 5.74) is 8.53. The van der Waals surface area contributed by atoms with Gasteiger partial charge in [0.1, 0.15) is 0 Å². The minimum Gasteiger partial charge on any atom is -0.352 e. The van der Waals surface area contributed by atoms with Crippen LogP contribution in [0.4, 0.5) is 0 Å². The Balaban J connectivity index is 1.76. The molecular weight excluding hydrogens is 356 g/mol. The number of carbonyl (C=O) groups is 1. The summed E-state index contributed by atoms with van der Waals surface area (Å²) in [5, 5.41) is 2.96. The minimum atomic E-state index is 0.00323. The molecule has 1 aliphatic carbocycles. The fraction of sp³-hybridized carbons (Fsp3) is 0.346. The Kier molecular flexibility index (Phi) is 5.84. The zero-order valence-electron chi connectivity index (χ0n) is 17.5. The predicted octanol–water partition coefficient (Wildman–Crippen LogP) is 5.86. The van der Waals surface area contributed by atoms with Gasteiger partial charge in [0.05, 0.1) is 5.69 Å². The fourth-order valence-corrected chi connectivity index (χ4v) is 4.21. The third-order valence-corrected chi connectivity index (χ3v) is 5.82. The van der Waals surface area contributed by atoms with E-state index in [9.17, 15) is 4.79 Å². The molecule has 2 aromatic carbocycles. The average molecular weight is 387 g/mol. The number of aromatic nitrogens is 1. The van der Waals surface area contributed by atoms with Gasteiger partial charge in [0.15, 0.2) is 0 Å². The van der Waals surface area contributed by atoms with Crippen molar-refractivity contribution >= 4 is 5.91 Å². The molecule has 3 aromatic rings. The van der Waals surface area contributed by atoms with Gasteiger partial charge >= 0.3 is 0 Å². The number of amides is 1. The molecule has 4 rings (SSSR count). The maximum Gasteiger partial charge on any atom is 0.251 e. The summed E-state index contributed by atoms with van der Waals surface area (Å²) < 4.78 is 2.42. The molecule has 3 nitrogen and oxygen atoms in total. The summed E-state index contributed by atoms with van der Waals surface area (Å²) in [6.07, 6.45) is 7.01. The normalized spacial score (nSPS) is 13.6. The lowest BCUT2D eigenvalue weighted by Crippen LogP contribution is -2.23. The molecule has 0 atom stereocenters. The first kappa shape index (κ1) is 19.5. The van der Waals surface area contributed by atoms with Crippen LogP contribution >= 0.6 is 0 Å². The molecule has 1 aliphatic rings. The second kappa shape index (κ2) is 8.69. The van der Waals surface area contributed by atoms with Gasteiger partial charge < -0.3 is 9.88 Å². The minimum absolute atomic E-state index is 0.00323. The van der Waals surface area contributed by atoms with E-state index in [4.69, 9.17) is 0 Å². The molecule has 0 unspecified atom stereocenters. The fourth-order valence-electron chi connectivity index (χ4n) is 4.21. The number of rotatable bonds is 5. The molecular formula is C26H30N2O. The molecule has 3 heteroatoms. The van der Waals surface area contributed by atoms with Gasteiger partial charge in [0.2, 0.25) is 0 Å². The standard InChI is InChI=1S/C26H30N2O/c1-3-17-27-26(29)21-13-15-23(16-14-21)28-24-8-6-4-5-7-22(24)18-25(28)20-11-9-19(2)10-12-20/h9-16,18H,3-8,17H2,1-2H3,(H,27,29). The van der Waals surface area contributed by atoms with Crippen LogP contribution in [0.1, 0.15) is 59.8 Å². The third-order valence-electron chi connectivity index (χ3n) is 5.82. The topological polar surface area (TPSA) is 34.0 Å². The van der Waals surface area contributed by atoms with Gasteiger partial charge in [-0.2, -0.15) is 0 Å². The summed E-state index contributed by atoms with van der Waals surface area (Å²) in [4.78, 5) is 12.3. The first-order valence-electron chi connectivity index (χ1n) is 10.9. The van der Waals surface area contributed by atoms with Crippen molar-refractivity contribution in [3.8, 4) is 16.9 Å². The molecule has 0 saturated carbocycles. The highest BCUT2D eigenvalue weighted by molar-refractivity contribution is 5.94. The van der Waals surface area contributed by atoms with Crippen LogP contribution < -0.4 is 5.32 Å². The van der Waals surface area contributed by atoms with E-state index in [1.54, 1.807) is 0 Å². The summed E-state index contributed by atoms with van der Waals surface area (Å²) >= 11 is 0. The SMILES string of the molecule is CCCNC(=O)c1ccc(-n2c(-c3ccc(C)cc3)cc3c2CCCCC3)cc1. The van der Waals surface area contributed by atoms with Gasteiger partial charge in [-0.3, -0.25) is 4.79 Å². The van der Waals surface area contributed by atoms with Crippen molar-refractivity contribution < 1.29 is 4.79 Å².